The van der Waals surface area contributed by atoms with E-state index in [-0.39, 0.29) is 12.5 Å². The highest BCUT2D eigenvalue weighted by molar-refractivity contribution is 5.77. The molecule has 0 radical (unpaired) electrons. The summed E-state index contributed by atoms with van der Waals surface area (Å²) in [5.41, 5.74) is 0. The number of hydrogen-bond acceptors (Lipinski definition) is 3. The number of nitrogens with one attached hydrogen (secondary N) is 1. The quantitative estimate of drug-likeness (QED) is 0.836. The van der Waals surface area contributed by atoms with Gasteiger partial charge in [-0.1, -0.05) is 12.1 Å². The van der Waals surface area contributed by atoms with E-state index in [0.717, 1.165) is 6.54 Å². The van der Waals surface area contributed by atoms with Crippen LogP contribution >= 0.6 is 0 Å². The average molecular weight is 274 g/mol. The normalized spacial score (nSPS) is 10.1. The van der Waals surface area contributed by atoms with Crippen LogP contribution in [0.1, 0.15) is 0 Å². The van der Waals surface area contributed by atoms with Gasteiger partial charge in [-0.3, -0.25) is 4.79 Å². The van der Waals surface area contributed by atoms with E-state index in [4.69, 9.17) is 9.47 Å². The second-order valence-electron chi connectivity index (χ2n) is 4.21. The molecule has 1 heterocycles. The minimum atomic E-state index is -0.150. The summed E-state index contributed by atoms with van der Waals surface area (Å²) in [7, 11) is 1.57. The van der Waals surface area contributed by atoms with E-state index in [0.29, 0.717) is 18.0 Å². The van der Waals surface area contributed by atoms with Crippen molar-refractivity contribution in [2.75, 3.05) is 20.3 Å². The molecule has 2 aromatic rings. The number of benzene rings is 1. The Labute approximate surface area is 118 Å². The van der Waals surface area contributed by atoms with Crippen LogP contribution in [-0.4, -0.2) is 30.7 Å². The Morgan fingerprint density at radius 2 is 1.85 bits per heavy atom. The van der Waals surface area contributed by atoms with Gasteiger partial charge < -0.3 is 19.4 Å². The standard InChI is InChI=1S/C15H18N2O3/c1-19-13-6-2-3-7-14(13)20-12-15(18)16-8-11-17-9-4-5-10-17/h2-7,9-10H,8,11-12H2,1H3,(H,16,18). The van der Waals surface area contributed by atoms with Crippen molar-refractivity contribution >= 4 is 5.91 Å². The third-order valence-corrected chi connectivity index (χ3v) is 2.79. The molecule has 1 aromatic carbocycles. The molecule has 1 aromatic heterocycles. The molecule has 5 nitrogen and oxygen atoms in total. The van der Waals surface area contributed by atoms with E-state index in [1.807, 2.05) is 41.2 Å². The zero-order valence-corrected chi connectivity index (χ0v) is 11.4. The minimum Gasteiger partial charge on any atom is -0.493 e. The maximum absolute atomic E-state index is 11.7. The van der Waals surface area contributed by atoms with Crippen LogP contribution in [0.25, 0.3) is 0 Å². The predicted octanol–water partition coefficient (Wildman–Crippen LogP) is 1.69. The Morgan fingerprint density at radius 3 is 2.55 bits per heavy atom. The zero-order chi connectivity index (χ0) is 14.2. The monoisotopic (exact) mass is 274 g/mol. The van der Waals surface area contributed by atoms with Gasteiger partial charge in [-0.2, -0.15) is 0 Å². The molecule has 5 heteroatoms. The van der Waals surface area contributed by atoms with Gasteiger partial charge in [-0.25, -0.2) is 0 Å². The van der Waals surface area contributed by atoms with Crippen LogP contribution in [0.3, 0.4) is 0 Å². The summed E-state index contributed by atoms with van der Waals surface area (Å²) in [6.45, 7) is 1.29. The van der Waals surface area contributed by atoms with Crippen molar-refractivity contribution in [3.63, 3.8) is 0 Å². The Balaban J connectivity index is 1.72. The highest BCUT2D eigenvalue weighted by Crippen LogP contribution is 2.25. The van der Waals surface area contributed by atoms with Crippen LogP contribution in [0.2, 0.25) is 0 Å². The molecule has 20 heavy (non-hydrogen) atoms. The first-order valence-electron chi connectivity index (χ1n) is 6.43. The summed E-state index contributed by atoms with van der Waals surface area (Å²) in [5.74, 6) is 1.03. The number of carbonyl (C=O) groups excluding carboxylic acids is 1. The van der Waals surface area contributed by atoms with E-state index in [9.17, 15) is 4.79 Å². The Hall–Kier alpha value is -2.43. The molecule has 0 bridgehead atoms. The summed E-state index contributed by atoms with van der Waals surface area (Å²) in [6, 6.07) is 11.1. The fourth-order valence-corrected chi connectivity index (χ4v) is 1.78. The number of hydrogen-bond donors (Lipinski definition) is 1. The second kappa shape index (κ2) is 7.23. The van der Waals surface area contributed by atoms with Crippen LogP contribution in [-0.2, 0) is 11.3 Å². The smallest absolute Gasteiger partial charge is 0.258 e. The van der Waals surface area contributed by atoms with Gasteiger partial charge in [0, 0.05) is 25.5 Å². The fraction of sp³-hybridized carbons (Fsp3) is 0.267. The lowest BCUT2D eigenvalue weighted by Gasteiger charge is -2.10. The molecule has 0 aliphatic heterocycles. The molecule has 0 saturated heterocycles. The van der Waals surface area contributed by atoms with Crippen LogP contribution in [0.5, 0.6) is 11.5 Å². The lowest BCUT2D eigenvalue weighted by Crippen LogP contribution is -2.31. The molecule has 0 fully saturated rings. The van der Waals surface area contributed by atoms with Crippen molar-refractivity contribution in [2.24, 2.45) is 0 Å². The van der Waals surface area contributed by atoms with Crippen molar-refractivity contribution in [1.29, 1.82) is 0 Å². The van der Waals surface area contributed by atoms with E-state index in [1.165, 1.54) is 0 Å². The van der Waals surface area contributed by atoms with Crippen LogP contribution in [0, 0.1) is 0 Å². The van der Waals surface area contributed by atoms with Gasteiger partial charge >= 0.3 is 0 Å². The van der Waals surface area contributed by atoms with Gasteiger partial charge in [0.2, 0.25) is 0 Å². The molecule has 106 valence electrons. The van der Waals surface area contributed by atoms with E-state index < -0.39 is 0 Å². The van der Waals surface area contributed by atoms with Crippen molar-refractivity contribution in [2.45, 2.75) is 6.54 Å². The third-order valence-electron chi connectivity index (χ3n) is 2.79. The number of aromatic nitrogens is 1. The molecule has 1 amide bonds. The molecule has 0 atom stereocenters. The van der Waals surface area contributed by atoms with Crippen LogP contribution < -0.4 is 14.8 Å². The van der Waals surface area contributed by atoms with Crippen molar-refractivity contribution in [1.82, 2.24) is 9.88 Å². The summed E-state index contributed by atoms with van der Waals surface area (Å²) >= 11 is 0. The Morgan fingerprint density at radius 1 is 1.15 bits per heavy atom. The second-order valence-corrected chi connectivity index (χ2v) is 4.21. The molecule has 0 unspecified atom stereocenters. The number of ether oxygens (including phenoxy) is 2. The van der Waals surface area contributed by atoms with Gasteiger partial charge in [0.25, 0.3) is 5.91 Å². The Bertz CT molecular complexity index is 538. The number of para-hydroxylation sites is 2. The molecule has 0 aliphatic rings. The molecular weight excluding hydrogens is 256 g/mol. The average Bonchev–Trinajstić information content (AvgIpc) is 2.98. The minimum absolute atomic E-state index is 0.0218. The number of carbonyl (C=O) groups is 1. The number of amides is 1. The topological polar surface area (TPSA) is 52.5 Å². The summed E-state index contributed by atoms with van der Waals surface area (Å²) < 4.78 is 12.6. The zero-order valence-electron chi connectivity index (χ0n) is 11.4. The largest absolute Gasteiger partial charge is 0.493 e. The third kappa shape index (κ3) is 4.05. The maximum atomic E-state index is 11.7. The molecule has 2 rings (SSSR count). The van der Waals surface area contributed by atoms with Gasteiger partial charge in [0.05, 0.1) is 7.11 Å². The van der Waals surface area contributed by atoms with Gasteiger partial charge in [-0.15, -0.1) is 0 Å². The van der Waals surface area contributed by atoms with Crippen LogP contribution in [0.4, 0.5) is 0 Å². The summed E-state index contributed by atoms with van der Waals surface area (Å²) in [4.78, 5) is 11.7. The van der Waals surface area contributed by atoms with E-state index in [1.54, 1.807) is 19.2 Å². The highest BCUT2D eigenvalue weighted by atomic mass is 16.5. The fourth-order valence-electron chi connectivity index (χ4n) is 1.78. The molecule has 0 saturated carbocycles. The Kier molecular flexibility index (Phi) is 5.06. The first-order chi connectivity index (χ1) is 9.79. The number of methoxy groups -OCH3 is 1. The molecule has 0 aliphatic carbocycles. The van der Waals surface area contributed by atoms with Crippen molar-refractivity contribution < 1.29 is 14.3 Å². The SMILES string of the molecule is COc1ccccc1OCC(=O)NCCn1cccc1. The summed E-state index contributed by atoms with van der Waals surface area (Å²) in [6.07, 6.45) is 3.91. The summed E-state index contributed by atoms with van der Waals surface area (Å²) in [5, 5.41) is 2.80. The molecular formula is C15H18N2O3. The van der Waals surface area contributed by atoms with E-state index >= 15 is 0 Å². The maximum Gasteiger partial charge on any atom is 0.258 e. The first kappa shape index (κ1) is 14.0. The number of rotatable bonds is 7. The van der Waals surface area contributed by atoms with Crippen LogP contribution in [0.15, 0.2) is 48.8 Å². The van der Waals surface area contributed by atoms with Gasteiger partial charge in [0.1, 0.15) is 0 Å². The van der Waals surface area contributed by atoms with Gasteiger partial charge in [0.15, 0.2) is 18.1 Å². The van der Waals surface area contributed by atoms with Crippen molar-refractivity contribution in [3.05, 3.63) is 48.8 Å². The predicted molar refractivity (Wildman–Crippen MR) is 75.9 cm³/mol. The lowest BCUT2D eigenvalue weighted by atomic mass is 10.3. The molecule has 1 N–H and O–H groups in total. The lowest BCUT2D eigenvalue weighted by molar-refractivity contribution is -0.123. The van der Waals surface area contributed by atoms with Crippen molar-refractivity contribution in [3.8, 4) is 11.5 Å². The van der Waals surface area contributed by atoms with Gasteiger partial charge in [-0.05, 0) is 24.3 Å². The molecule has 0 spiro atoms. The highest BCUT2D eigenvalue weighted by Gasteiger charge is 2.06. The van der Waals surface area contributed by atoms with E-state index in [2.05, 4.69) is 5.32 Å². The first-order valence-corrected chi connectivity index (χ1v) is 6.43. The number of nitrogens with zero attached hydrogens (tertiary/aromatic N) is 1.